The van der Waals surface area contributed by atoms with Gasteiger partial charge in [0.05, 0.1) is 6.61 Å². The van der Waals surface area contributed by atoms with Crippen LogP contribution in [-0.4, -0.2) is 18.5 Å². The second-order valence-corrected chi connectivity index (χ2v) is 4.76. The minimum absolute atomic E-state index is 0.104. The van der Waals surface area contributed by atoms with Gasteiger partial charge in [-0.15, -0.1) is 11.3 Å². The van der Waals surface area contributed by atoms with E-state index in [1.54, 1.807) is 11.4 Å². The zero-order valence-corrected chi connectivity index (χ0v) is 10.8. The molecule has 0 saturated carbocycles. The molecule has 90 valence electrons. The lowest BCUT2D eigenvalue weighted by molar-refractivity contribution is -0.174. The van der Waals surface area contributed by atoms with Gasteiger partial charge in [0, 0.05) is 9.35 Å². The zero-order valence-electron chi connectivity index (χ0n) is 8.38. The molecule has 0 aliphatic rings. The average Bonchev–Trinajstić information content (AvgIpc) is 2.63. The Balaban J connectivity index is 2.92. The van der Waals surface area contributed by atoms with Crippen LogP contribution in [0.3, 0.4) is 0 Å². The predicted octanol–water partition coefficient (Wildman–Crippen LogP) is 2.71. The number of hydrogen-bond acceptors (Lipinski definition) is 4. The minimum atomic E-state index is -3.72. The van der Waals surface area contributed by atoms with Crippen molar-refractivity contribution >= 4 is 33.2 Å². The number of esters is 1. The van der Waals surface area contributed by atoms with E-state index in [1.807, 2.05) is 0 Å². The van der Waals surface area contributed by atoms with E-state index in [0.717, 1.165) is 11.3 Å². The second-order valence-electron chi connectivity index (χ2n) is 2.95. The van der Waals surface area contributed by atoms with E-state index in [1.165, 1.54) is 6.92 Å². The Morgan fingerprint density at radius 2 is 2.38 bits per heavy atom. The number of thiophene rings is 1. The first kappa shape index (κ1) is 13.5. The van der Waals surface area contributed by atoms with Gasteiger partial charge < -0.3 is 10.5 Å². The summed E-state index contributed by atoms with van der Waals surface area (Å²) in [4.78, 5) is 11.3. The molecule has 0 amide bonds. The van der Waals surface area contributed by atoms with E-state index in [9.17, 15) is 13.6 Å². The first-order valence-corrected chi connectivity index (χ1v) is 6.12. The molecule has 0 saturated heterocycles. The van der Waals surface area contributed by atoms with E-state index in [4.69, 9.17) is 5.73 Å². The first-order valence-electron chi connectivity index (χ1n) is 4.44. The van der Waals surface area contributed by atoms with Crippen molar-refractivity contribution in [1.82, 2.24) is 0 Å². The number of alkyl halides is 2. The molecule has 16 heavy (non-hydrogen) atoms. The van der Waals surface area contributed by atoms with Gasteiger partial charge in [-0.05, 0) is 34.3 Å². The van der Waals surface area contributed by atoms with Crippen molar-refractivity contribution in [1.29, 1.82) is 0 Å². The number of rotatable bonds is 4. The van der Waals surface area contributed by atoms with E-state index in [0.29, 0.717) is 4.47 Å². The third-order valence-corrected chi connectivity index (χ3v) is 3.82. The van der Waals surface area contributed by atoms with Crippen LogP contribution in [0.1, 0.15) is 17.8 Å². The summed E-state index contributed by atoms with van der Waals surface area (Å²) in [5.41, 5.74) is 5.38. The maximum atomic E-state index is 13.5. The minimum Gasteiger partial charge on any atom is -0.462 e. The van der Waals surface area contributed by atoms with Gasteiger partial charge in [0.15, 0.2) is 0 Å². The number of ether oxygens (including phenoxy) is 1. The maximum absolute atomic E-state index is 13.5. The van der Waals surface area contributed by atoms with Crippen LogP contribution in [0.5, 0.6) is 0 Å². The van der Waals surface area contributed by atoms with E-state index >= 15 is 0 Å². The third-order valence-electron chi connectivity index (χ3n) is 1.87. The Labute approximate surface area is 104 Å². The maximum Gasteiger partial charge on any atom is 0.379 e. The van der Waals surface area contributed by atoms with Crippen LogP contribution in [0, 0.1) is 0 Å². The molecule has 7 heteroatoms. The van der Waals surface area contributed by atoms with Gasteiger partial charge in [-0.25, -0.2) is 4.79 Å². The molecule has 0 bridgehead atoms. The molecule has 1 rings (SSSR count). The van der Waals surface area contributed by atoms with Crippen LogP contribution >= 0.6 is 27.3 Å². The van der Waals surface area contributed by atoms with Crippen LogP contribution in [0.25, 0.3) is 0 Å². The lowest BCUT2D eigenvalue weighted by Crippen LogP contribution is -2.41. The van der Waals surface area contributed by atoms with Gasteiger partial charge in [0.1, 0.15) is 6.04 Å². The fourth-order valence-electron chi connectivity index (χ4n) is 1.05. The highest BCUT2D eigenvalue weighted by Gasteiger charge is 2.48. The molecule has 1 aromatic rings. The molecule has 0 aliphatic heterocycles. The zero-order chi connectivity index (χ0) is 12.3. The molecule has 0 fully saturated rings. The van der Waals surface area contributed by atoms with Crippen molar-refractivity contribution < 1.29 is 18.3 Å². The summed E-state index contributed by atoms with van der Waals surface area (Å²) in [6.45, 7) is 1.35. The Kier molecular flexibility index (Phi) is 4.40. The standard InChI is InChI=1S/C9H10BrF2NO2S/c1-2-15-8(14)9(11,12)7(13)6-5(10)3-4-16-6/h3-4,7H,2,13H2,1H3/t7-/m1/s1. The van der Waals surface area contributed by atoms with E-state index in [2.05, 4.69) is 20.7 Å². The fraction of sp³-hybridized carbons (Fsp3) is 0.444. The summed E-state index contributed by atoms with van der Waals surface area (Å²) in [7, 11) is 0. The van der Waals surface area contributed by atoms with Crippen molar-refractivity contribution in [3.63, 3.8) is 0 Å². The Hall–Kier alpha value is -0.530. The molecule has 0 aliphatic carbocycles. The number of carbonyl (C=O) groups is 1. The van der Waals surface area contributed by atoms with Crippen LogP contribution < -0.4 is 5.73 Å². The molecule has 1 atom stereocenters. The molecule has 3 nitrogen and oxygen atoms in total. The molecule has 1 heterocycles. The summed E-state index contributed by atoms with van der Waals surface area (Å²) < 4.78 is 31.8. The summed E-state index contributed by atoms with van der Waals surface area (Å²) in [6, 6.07) is -0.0953. The average molecular weight is 314 g/mol. The van der Waals surface area contributed by atoms with Gasteiger partial charge in [-0.1, -0.05) is 0 Å². The Bertz CT molecular complexity index is 383. The molecule has 0 radical (unpaired) electrons. The topological polar surface area (TPSA) is 52.3 Å². The highest BCUT2D eigenvalue weighted by Crippen LogP contribution is 2.37. The van der Waals surface area contributed by atoms with Crippen molar-refractivity contribution in [3.05, 3.63) is 20.8 Å². The largest absolute Gasteiger partial charge is 0.462 e. The summed E-state index contributed by atoms with van der Waals surface area (Å²) in [5, 5.41) is 1.61. The second kappa shape index (κ2) is 5.20. The van der Waals surface area contributed by atoms with Crippen molar-refractivity contribution in [3.8, 4) is 0 Å². The van der Waals surface area contributed by atoms with Crippen LogP contribution in [0.15, 0.2) is 15.9 Å². The summed E-state index contributed by atoms with van der Waals surface area (Å²) >= 11 is 4.15. The Morgan fingerprint density at radius 1 is 1.75 bits per heavy atom. The number of carbonyl (C=O) groups excluding carboxylic acids is 1. The molecule has 1 aromatic heterocycles. The monoisotopic (exact) mass is 313 g/mol. The number of nitrogens with two attached hydrogens (primary N) is 1. The van der Waals surface area contributed by atoms with Gasteiger partial charge in [0.2, 0.25) is 0 Å². The predicted molar refractivity (Wildman–Crippen MR) is 60.5 cm³/mol. The van der Waals surface area contributed by atoms with Gasteiger partial charge in [-0.2, -0.15) is 8.78 Å². The van der Waals surface area contributed by atoms with Crippen molar-refractivity contribution in [2.75, 3.05) is 6.61 Å². The summed E-state index contributed by atoms with van der Waals surface area (Å²) in [6.07, 6.45) is 0. The van der Waals surface area contributed by atoms with E-state index < -0.39 is 17.9 Å². The van der Waals surface area contributed by atoms with E-state index in [-0.39, 0.29) is 11.5 Å². The molecular formula is C9H10BrF2NO2S. The number of halogens is 3. The Morgan fingerprint density at radius 3 is 2.81 bits per heavy atom. The SMILES string of the molecule is CCOC(=O)C(F)(F)[C@H](N)c1sccc1Br. The van der Waals surface area contributed by atoms with Crippen LogP contribution in [-0.2, 0) is 9.53 Å². The van der Waals surface area contributed by atoms with Crippen molar-refractivity contribution in [2.45, 2.75) is 18.9 Å². The number of hydrogen-bond donors (Lipinski definition) is 1. The fourth-order valence-corrected chi connectivity index (χ4v) is 2.71. The van der Waals surface area contributed by atoms with Crippen molar-refractivity contribution in [2.24, 2.45) is 5.73 Å². The molecule has 0 spiro atoms. The van der Waals surface area contributed by atoms with Gasteiger partial charge in [-0.3, -0.25) is 0 Å². The third kappa shape index (κ3) is 2.58. The quantitative estimate of drug-likeness (QED) is 0.870. The lowest BCUT2D eigenvalue weighted by Gasteiger charge is -2.20. The molecule has 2 N–H and O–H groups in total. The molecule has 0 aromatic carbocycles. The first-order chi connectivity index (χ1) is 7.41. The lowest BCUT2D eigenvalue weighted by atomic mass is 10.1. The van der Waals surface area contributed by atoms with Gasteiger partial charge in [0.25, 0.3) is 0 Å². The molecule has 0 unspecified atom stereocenters. The molecular weight excluding hydrogens is 304 g/mol. The highest BCUT2D eigenvalue weighted by atomic mass is 79.9. The smallest absolute Gasteiger partial charge is 0.379 e. The highest BCUT2D eigenvalue weighted by molar-refractivity contribution is 9.10. The van der Waals surface area contributed by atoms with Crippen LogP contribution in [0.4, 0.5) is 8.78 Å². The van der Waals surface area contributed by atoms with Gasteiger partial charge >= 0.3 is 11.9 Å². The normalized spacial score (nSPS) is 13.6. The van der Waals surface area contributed by atoms with Crippen LogP contribution in [0.2, 0.25) is 0 Å². The summed E-state index contributed by atoms with van der Waals surface area (Å²) in [5.74, 6) is -5.31.